The summed E-state index contributed by atoms with van der Waals surface area (Å²) >= 11 is 0. The Hall–Kier alpha value is -2.53. The number of nitrogens with one attached hydrogen (secondary N) is 1. The molecule has 5 heteroatoms. The second-order valence-electron chi connectivity index (χ2n) is 5.97. The summed E-state index contributed by atoms with van der Waals surface area (Å²) in [5.41, 5.74) is 7.90. The Morgan fingerprint density at radius 3 is 2.33 bits per heavy atom. The third kappa shape index (κ3) is 5.59. The van der Waals surface area contributed by atoms with E-state index in [1.54, 1.807) is 24.3 Å². The van der Waals surface area contributed by atoms with Gasteiger partial charge in [-0.15, -0.1) is 0 Å². The van der Waals surface area contributed by atoms with E-state index in [2.05, 4.69) is 5.32 Å². The molecule has 0 aromatic heterocycles. The highest BCUT2D eigenvalue weighted by atomic mass is 16.5. The van der Waals surface area contributed by atoms with Crippen molar-refractivity contribution in [3.8, 4) is 5.75 Å². The van der Waals surface area contributed by atoms with Gasteiger partial charge in [0.15, 0.2) is 0 Å². The van der Waals surface area contributed by atoms with Gasteiger partial charge in [0, 0.05) is 12.2 Å². The zero-order chi connectivity index (χ0) is 17.5. The van der Waals surface area contributed by atoms with Crippen LogP contribution in [-0.4, -0.2) is 23.7 Å². The first-order valence-electron chi connectivity index (χ1n) is 8.00. The van der Waals surface area contributed by atoms with Crippen LogP contribution in [0.4, 0.5) is 5.69 Å². The van der Waals surface area contributed by atoms with E-state index in [0.717, 1.165) is 16.9 Å². The molecule has 0 heterocycles. The maximum absolute atomic E-state index is 11.9. The van der Waals surface area contributed by atoms with Gasteiger partial charge in [0.05, 0.1) is 18.6 Å². The highest BCUT2D eigenvalue weighted by Crippen LogP contribution is 2.18. The van der Waals surface area contributed by atoms with Crippen LogP contribution in [0, 0.1) is 0 Å². The lowest BCUT2D eigenvalue weighted by Gasteiger charge is -2.14. The largest absolute Gasteiger partial charge is 0.491 e. The van der Waals surface area contributed by atoms with E-state index in [-0.39, 0.29) is 25.0 Å². The lowest BCUT2D eigenvalue weighted by Crippen LogP contribution is -2.29. The van der Waals surface area contributed by atoms with Gasteiger partial charge in [-0.05, 0) is 49.2 Å². The van der Waals surface area contributed by atoms with Gasteiger partial charge in [0.1, 0.15) is 5.75 Å². The molecule has 2 aromatic carbocycles. The van der Waals surface area contributed by atoms with Gasteiger partial charge in [-0.2, -0.15) is 0 Å². The summed E-state index contributed by atoms with van der Waals surface area (Å²) in [5.74, 6) is 0.618. The molecule has 24 heavy (non-hydrogen) atoms. The van der Waals surface area contributed by atoms with Crippen LogP contribution in [0.25, 0.3) is 0 Å². The predicted octanol–water partition coefficient (Wildman–Crippen LogP) is 2.45. The molecule has 0 spiro atoms. The zero-order valence-electron chi connectivity index (χ0n) is 14.0. The SMILES string of the molecule is CC(C)Oc1ccc(C(O)CNC(=O)Cc2ccc(N)cc2)cc1. The minimum absolute atomic E-state index is 0.105. The molecule has 5 nitrogen and oxygen atoms in total. The van der Waals surface area contributed by atoms with Gasteiger partial charge in [0.25, 0.3) is 0 Å². The quantitative estimate of drug-likeness (QED) is 0.682. The monoisotopic (exact) mass is 328 g/mol. The van der Waals surface area contributed by atoms with Gasteiger partial charge in [-0.25, -0.2) is 0 Å². The number of aliphatic hydroxyl groups is 1. The number of nitrogens with two attached hydrogens (primary N) is 1. The highest BCUT2D eigenvalue weighted by molar-refractivity contribution is 5.78. The van der Waals surface area contributed by atoms with Crippen LogP contribution in [0.2, 0.25) is 0 Å². The minimum Gasteiger partial charge on any atom is -0.491 e. The number of hydrogen-bond acceptors (Lipinski definition) is 4. The van der Waals surface area contributed by atoms with Gasteiger partial charge in [-0.3, -0.25) is 4.79 Å². The summed E-state index contributed by atoms with van der Waals surface area (Å²) in [4.78, 5) is 11.9. The number of aliphatic hydroxyl groups excluding tert-OH is 1. The van der Waals surface area contributed by atoms with Crippen LogP contribution in [0.15, 0.2) is 48.5 Å². The molecular formula is C19H24N2O3. The van der Waals surface area contributed by atoms with Gasteiger partial charge in [0.2, 0.25) is 5.91 Å². The molecule has 0 saturated carbocycles. The molecule has 1 amide bonds. The number of amides is 1. The third-order valence-electron chi connectivity index (χ3n) is 3.47. The number of anilines is 1. The number of hydrogen-bond donors (Lipinski definition) is 3. The van der Waals surface area contributed by atoms with Crippen molar-refractivity contribution in [3.05, 3.63) is 59.7 Å². The Morgan fingerprint density at radius 1 is 1.12 bits per heavy atom. The second-order valence-corrected chi connectivity index (χ2v) is 5.97. The molecule has 0 radical (unpaired) electrons. The van der Waals surface area contributed by atoms with E-state index in [0.29, 0.717) is 5.69 Å². The first-order chi connectivity index (χ1) is 11.4. The second kappa shape index (κ2) is 8.36. The van der Waals surface area contributed by atoms with Gasteiger partial charge in [-0.1, -0.05) is 24.3 Å². The van der Waals surface area contributed by atoms with Crippen LogP contribution in [-0.2, 0) is 11.2 Å². The maximum atomic E-state index is 11.9. The standard InChI is InChI=1S/C19H24N2O3/c1-13(2)24-17-9-5-15(6-10-17)18(22)12-21-19(23)11-14-3-7-16(20)8-4-14/h3-10,13,18,22H,11-12,20H2,1-2H3,(H,21,23). The van der Waals surface area contributed by atoms with Gasteiger partial charge >= 0.3 is 0 Å². The smallest absolute Gasteiger partial charge is 0.224 e. The first-order valence-corrected chi connectivity index (χ1v) is 8.00. The molecule has 0 bridgehead atoms. The van der Waals surface area contributed by atoms with Crippen LogP contribution in [0.5, 0.6) is 5.75 Å². The summed E-state index contributed by atoms with van der Waals surface area (Å²) in [6.45, 7) is 4.08. The lowest BCUT2D eigenvalue weighted by atomic mass is 10.1. The van der Waals surface area contributed by atoms with E-state index in [9.17, 15) is 9.90 Å². The maximum Gasteiger partial charge on any atom is 0.224 e. The van der Waals surface area contributed by atoms with Crippen molar-refractivity contribution in [1.29, 1.82) is 0 Å². The average molecular weight is 328 g/mol. The van der Waals surface area contributed by atoms with Crippen LogP contribution < -0.4 is 15.8 Å². The van der Waals surface area contributed by atoms with E-state index in [4.69, 9.17) is 10.5 Å². The fraction of sp³-hybridized carbons (Fsp3) is 0.316. The van der Waals surface area contributed by atoms with Crippen molar-refractivity contribution in [2.24, 2.45) is 0 Å². The molecule has 0 aliphatic carbocycles. The molecule has 0 fully saturated rings. The Kier molecular flexibility index (Phi) is 6.21. The molecule has 128 valence electrons. The van der Waals surface area contributed by atoms with Crippen molar-refractivity contribution in [2.75, 3.05) is 12.3 Å². The van der Waals surface area contributed by atoms with E-state index in [1.165, 1.54) is 0 Å². The third-order valence-corrected chi connectivity index (χ3v) is 3.47. The number of ether oxygens (including phenoxy) is 1. The highest BCUT2D eigenvalue weighted by Gasteiger charge is 2.10. The van der Waals surface area contributed by atoms with Crippen molar-refractivity contribution < 1.29 is 14.6 Å². The molecule has 0 saturated heterocycles. The molecule has 1 atom stereocenters. The minimum atomic E-state index is -0.756. The lowest BCUT2D eigenvalue weighted by molar-refractivity contribution is -0.120. The summed E-state index contributed by atoms with van der Waals surface area (Å²) in [7, 11) is 0. The van der Waals surface area contributed by atoms with E-state index in [1.807, 2.05) is 38.1 Å². The summed E-state index contributed by atoms with van der Waals surface area (Å²) in [5, 5.41) is 12.9. The molecule has 2 rings (SSSR count). The molecular weight excluding hydrogens is 304 g/mol. The van der Waals surface area contributed by atoms with Crippen LogP contribution >= 0.6 is 0 Å². The van der Waals surface area contributed by atoms with Crippen molar-refractivity contribution >= 4 is 11.6 Å². The Morgan fingerprint density at radius 2 is 1.75 bits per heavy atom. The Labute approximate surface area is 142 Å². The fourth-order valence-corrected chi connectivity index (χ4v) is 2.25. The van der Waals surface area contributed by atoms with Crippen molar-refractivity contribution in [3.63, 3.8) is 0 Å². The number of carbonyl (C=O) groups is 1. The summed E-state index contributed by atoms with van der Waals surface area (Å²) in [6.07, 6.45) is -0.393. The Balaban J connectivity index is 1.82. The number of nitrogen functional groups attached to an aromatic ring is 1. The first kappa shape index (κ1) is 17.8. The van der Waals surface area contributed by atoms with Crippen LogP contribution in [0.1, 0.15) is 31.1 Å². The normalized spacial score (nSPS) is 12.0. The summed E-state index contributed by atoms with van der Waals surface area (Å²) in [6, 6.07) is 14.4. The molecule has 1 unspecified atom stereocenters. The van der Waals surface area contributed by atoms with Crippen LogP contribution in [0.3, 0.4) is 0 Å². The molecule has 0 aliphatic heterocycles. The molecule has 2 aromatic rings. The van der Waals surface area contributed by atoms with Crippen molar-refractivity contribution in [1.82, 2.24) is 5.32 Å². The molecule has 0 aliphatic rings. The van der Waals surface area contributed by atoms with Gasteiger partial charge < -0.3 is 20.9 Å². The fourth-order valence-electron chi connectivity index (χ4n) is 2.25. The summed E-state index contributed by atoms with van der Waals surface area (Å²) < 4.78 is 5.56. The molecule has 4 N–H and O–H groups in total. The number of carbonyl (C=O) groups excluding carboxylic acids is 1. The van der Waals surface area contributed by atoms with E-state index < -0.39 is 6.10 Å². The average Bonchev–Trinajstić information content (AvgIpc) is 2.55. The van der Waals surface area contributed by atoms with E-state index >= 15 is 0 Å². The number of rotatable bonds is 7. The number of benzene rings is 2. The van der Waals surface area contributed by atoms with Crippen molar-refractivity contribution in [2.45, 2.75) is 32.5 Å². The predicted molar refractivity (Wildman–Crippen MR) is 94.7 cm³/mol. The zero-order valence-corrected chi connectivity index (χ0v) is 14.0. The Bertz CT molecular complexity index is 651. The topological polar surface area (TPSA) is 84.6 Å².